The summed E-state index contributed by atoms with van der Waals surface area (Å²) < 4.78 is 0. The fourth-order valence-electron chi connectivity index (χ4n) is 1.55. The van der Waals surface area contributed by atoms with Crippen LogP contribution in [0.5, 0.6) is 0 Å². The largest absolute Gasteiger partial charge is 0.303 e. The van der Waals surface area contributed by atoms with Crippen molar-refractivity contribution in [1.29, 1.82) is 0 Å². The van der Waals surface area contributed by atoms with Gasteiger partial charge in [0.2, 0.25) is 0 Å². The Morgan fingerprint density at radius 1 is 1.47 bits per heavy atom. The third-order valence-corrected chi connectivity index (χ3v) is 2.36. The Hall–Kier alpha value is -1.90. The number of aromatic amines is 1. The predicted octanol–water partition coefficient (Wildman–Crippen LogP) is 2.47. The Bertz CT molecular complexity index is 511. The molecule has 1 N–H and O–H groups in total. The molecule has 1 heterocycles. The molecule has 0 aliphatic carbocycles. The third kappa shape index (κ3) is 1.96. The maximum absolute atomic E-state index is 10.2. The van der Waals surface area contributed by atoms with E-state index in [1.165, 1.54) is 5.56 Å². The zero-order valence-electron chi connectivity index (χ0n) is 8.53. The van der Waals surface area contributed by atoms with E-state index in [2.05, 4.69) is 22.3 Å². The van der Waals surface area contributed by atoms with Crippen molar-refractivity contribution in [3.8, 4) is 0 Å². The summed E-state index contributed by atoms with van der Waals surface area (Å²) >= 11 is 0. The molecule has 2 aromatic rings. The molecule has 0 amide bonds. The van der Waals surface area contributed by atoms with Crippen molar-refractivity contribution < 1.29 is 4.79 Å². The maximum Gasteiger partial charge on any atom is 0.123 e. The number of allylic oxidation sites excluding steroid dienone is 1. The van der Waals surface area contributed by atoms with E-state index in [1.54, 1.807) is 6.20 Å². The van der Waals surface area contributed by atoms with Gasteiger partial charge in [-0.25, -0.2) is 0 Å². The lowest BCUT2D eigenvalue weighted by Gasteiger charge is -1.99. The smallest absolute Gasteiger partial charge is 0.123 e. The summed E-state index contributed by atoms with van der Waals surface area (Å²) in [7, 11) is 0. The highest BCUT2D eigenvalue weighted by Gasteiger charge is 1.99. The summed E-state index contributed by atoms with van der Waals surface area (Å²) in [4.78, 5) is 10.2. The van der Waals surface area contributed by atoms with Crippen molar-refractivity contribution in [3.63, 3.8) is 0 Å². The van der Waals surface area contributed by atoms with Crippen LogP contribution in [0.4, 0.5) is 0 Å². The van der Waals surface area contributed by atoms with E-state index in [1.807, 2.05) is 19.1 Å². The second kappa shape index (κ2) is 4.09. The standard InChI is InChI=1S/C12H12N2O/c1-9-6-12-11(8-13-14-12)7-10(9)4-2-3-5-15/h2,4-8H,3H2,1H3,(H,13,14). The highest BCUT2D eigenvalue weighted by molar-refractivity contribution is 5.82. The number of hydrogen-bond donors (Lipinski definition) is 1. The van der Waals surface area contributed by atoms with E-state index in [9.17, 15) is 4.79 Å². The number of aromatic nitrogens is 2. The van der Waals surface area contributed by atoms with Gasteiger partial charge in [0.1, 0.15) is 6.29 Å². The van der Waals surface area contributed by atoms with Gasteiger partial charge < -0.3 is 4.79 Å². The lowest BCUT2D eigenvalue weighted by atomic mass is 10.1. The molecule has 0 radical (unpaired) electrons. The van der Waals surface area contributed by atoms with Crippen molar-refractivity contribution >= 4 is 23.3 Å². The Kier molecular flexibility index (Phi) is 2.63. The number of carbonyl (C=O) groups is 1. The van der Waals surface area contributed by atoms with Crippen LogP contribution in [0.2, 0.25) is 0 Å². The van der Waals surface area contributed by atoms with Crippen LogP contribution in [0.3, 0.4) is 0 Å². The molecule has 3 heteroatoms. The van der Waals surface area contributed by atoms with Gasteiger partial charge in [0.15, 0.2) is 0 Å². The zero-order valence-corrected chi connectivity index (χ0v) is 8.53. The van der Waals surface area contributed by atoms with Gasteiger partial charge in [-0.2, -0.15) is 5.10 Å². The predicted molar refractivity (Wildman–Crippen MR) is 60.5 cm³/mol. The van der Waals surface area contributed by atoms with Gasteiger partial charge in [-0.05, 0) is 30.2 Å². The van der Waals surface area contributed by atoms with Gasteiger partial charge >= 0.3 is 0 Å². The molecular weight excluding hydrogens is 188 g/mol. The minimum absolute atomic E-state index is 0.461. The molecule has 0 saturated heterocycles. The number of nitrogens with one attached hydrogen (secondary N) is 1. The molecule has 0 aliphatic heterocycles. The molecule has 3 nitrogen and oxygen atoms in total. The van der Waals surface area contributed by atoms with Crippen molar-refractivity contribution in [2.75, 3.05) is 0 Å². The molecule has 0 fully saturated rings. The van der Waals surface area contributed by atoms with Gasteiger partial charge in [0.25, 0.3) is 0 Å². The number of aldehydes is 1. The monoisotopic (exact) mass is 200 g/mol. The molecule has 0 aliphatic rings. The summed E-state index contributed by atoms with van der Waals surface area (Å²) in [6, 6.07) is 4.12. The van der Waals surface area contributed by atoms with Crippen molar-refractivity contribution in [3.05, 3.63) is 35.5 Å². The summed E-state index contributed by atoms with van der Waals surface area (Å²) in [5, 5.41) is 7.99. The van der Waals surface area contributed by atoms with Gasteiger partial charge in [-0.3, -0.25) is 5.10 Å². The molecule has 0 spiro atoms. The maximum atomic E-state index is 10.2. The Balaban J connectivity index is 2.41. The molecule has 0 unspecified atom stereocenters. The first-order chi connectivity index (χ1) is 7.31. The van der Waals surface area contributed by atoms with Gasteiger partial charge in [-0.15, -0.1) is 0 Å². The SMILES string of the molecule is Cc1cc2[nH]ncc2cc1C=CCC=O. The van der Waals surface area contributed by atoms with Crippen molar-refractivity contribution in [2.24, 2.45) is 0 Å². The average Bonchev–Trinajstić information content (AvgIpc) is 2.65. The van der Waals surface area contributed by atoms with Crippen LogP contribution in [0.1, 0.15) is 17.5 Å². The second-order valence-electron chi connectivity index (χ2n) is 3.47. The van der Waals surface area contributed by atoms with Crippen molar-refractivity contribution in [2.45, 2.75) is 13.3 Å². The fourth-order valence-corrected chi connectivity index (χ4v) is 1.55. The number of carbonyl (C=O) groups excluding carboxylic acids is 1. The first-order valence-electron chi connectivity index (χ1n) is 4.85. The quantitative estimate of drug-likeness (QED) is 0.773. The topological polar surface area (TPSA) is 45.8 Å². The first kappa shape index (κ1) is 9.65. The normalized spacial score (nSPS) is 11.3. The minimum Gasteiger partial charge on any atom is -0.303 e. The van der Waals surface area contributed by atoms with Gasteiger partial charge in [0.05, 0.1) is 11.7 Å². The molecule has 1 aromatic heterocycles. The van der Waals surface area contributed by atoms with E-state index in [0.29, 0.717) is 6.42 Å². The van der Waals surface area contributed by atoms with Crippen LogP contribution in [0.15, 0.2) is 24.4 Å². The first-order valence-corrected chi connectivity index (χ1v) is 4.85. The van der Waals surface area contributed by atoms with Crippen LogP contribution in [0, 0.1) is 6.92 Å². The summed E-state index contributed by atoms with van der Waals surface area (Å²) in [5.41, 5.74) is 3.35. The number of fused-ring (bicyclic) bond motifs is 1. The Morgan fingerprint density at radius 3 is 3.13 bits per heavy atom. The zero-order chi connectivity index (χ0) is 10.7. The molecule has 0 atom stereocenters. The fraction of sp³-hybridized carbons (Fsp3) is 0.167. The summed E-state index contributed by atoms with van der Waals surface area (Å²) in [6.45, 7) is 2.04. The number of hydrogen-bond acceptors (Lipinski definition) is 2. The highest BCUT2D eigenvalue weighted by Crippen LogP contribution is 2.18. The molecular formula is C12H12N2O. The van der Waals surface area contributed by atoms with Crippen LogP contribution in [-0.4, -0.2) is 16.5 Å². The van der Waals surface area contributed by atoms with E-state index < -0.39 is 0 Å². The average molecular weight is 200 g/mol. The molecule has 2 rings (SSSR count). The summed E-state index contributed by atoms with van der Waals surface area (Å²) in [6.07, 6.45) is 6.98. The number of nitrogens with zero attached hydrogens (tertiary/aromatic N) is 1. The molecule has 15 heavy (non-hydrogen) atoms. The van der Waals surface area contributed by atoms with E-state index in [0.717, 1.165) is 22.8 Å². The molecule has 76 valence electrons. The molecule has 1 aromatic carbocycles. The Labute approximate surface area is 87.8 Å². The number of H-pyrrole nitrogens is 1. The highest BCUT2D eigenvalue weighted by atomic mass is 16.1. The number of benzene rings is 1. The number of aryl methyl sites for hydroxylation is 1. The minimum atomic E-state index is 0.461. The Morgan fingerprint density at radius 2 is 2.33 bits per heavy atom. The lowest BCUT2D eigenvalue weighted by Crippen LogP contribution is -1.81. The lowest BCUT2D eigenvalue weighted by molar-refractivity contribution is -0.107. The van der Waals surface area contributed by atoms with E-state index in [4.69, 9.17) is 0 Å². The second-order valence-corrected chi connectivity index (χ2v) is 3.47. The van der Waals surface area contributed by atoms with E-state index in [-0.39, 0.29) is 0 Å². The summed E-state index contributed by atoms with van der Waals surface area (Å²) in [5.74, 6) is 0. The number of rotatable bonds is 3. The van der Waals surface area contributed by atoms with Gasteiger partial charge in [0, 0.05) is 11.8 Å². The van der Waals surface area contributed by atoms with E-state index >= 15 is 0 Å². The van der Waals surface area contributed by atoms with Crippen LogP contribution >= 0.6 is 0 Å². The molecule has 0 bridgehead atoms. The van der Waals surface area contributed by atoms with Gasteiger partial charge in [-0.1, -0.05) is 12.2 Å². The third-order valence-electron chi connectivity index (χ3n) is 2.36. The molecule has 0 saturated carbocycles. The van der Waals surface area contributed by atoms with Crippen LogP contribution < -0.4 is 0 Å². The van der Waals surface area contributed by atoms with Crippen molar-refractivity contribution in [1.82, 2.24) is 10.2 Å². The van der Waals surface area contributed by atoms with Crippen LogP contribution in [0.25, 0.3) is 17.0 Å². The van der Waals surface area contributed by atoms with Crippen LogP contribution in [-0.2, 0) is 4.79 Å².